The van der Waals surface area contributed by atoms with Crippen molar-refractivity contribution in [3.63, 3.8) is 0 Å². The molecule has 0 aliphatic rings. The molecular formula is C24H40N2O3. The van der Waals surface area contributed by atoms with Crippen LogP contribution in [0.5, 0.6) is 0 Å². The lowest BCUT2D eigenvalue weighted by Gasteiger charge is -2.21. The minimum absolute atomic E-state index is 0.185. The Morgan fingerprint density at radius 2 is 1.38 bits per heavy atom. The van der Waals surface area contributed by atoms with E-state index in [1.807, 2.05) is 18.2 Å². The van der Waals surface area contributed by atoms with E-state index < -0.39 is 18.1 Å². The first-order chi connectivity index (χ1) is 14.0. The lowest BCUT2D eigenvalue weighted by molar-refractivity contribution is -0.128. The predicted octanol–water partition coefficient (Wildman–Crippen LogP) is 5.19. The molecule has 0 saturated carbocycles. The fraction of sp³-hybridized carbons (Fsp3) is 0.667. The average Bonchev–Trinajstić information content (AvgIpc) is 2.70. The maximum atomic E-state index is 12.4. The van der Waals surface area contributed by atoms with Crippen molar-refractivity contribution in [1.29, 1.82) is 0 Å². The van der Waals surface area contributed by atoms with Crippen LogP contribution in [0.2, 0.25) is 0 Å². The lowest BCUT2D eigenvalue weighted by Crippen LogP contribution is -2.50. The number of carbonyl (C=O) groups excluding carboxylic acids is 2. The molecule has 5 nitrogen and oxygen atoms in total. The van der Waals surface area contributed by atoms with E-state index in [9.17, 15) is 14.7 Å². The molecular weight excluding hydrogens is 364 g/mol. The maximum Gasteiger partial charge on any atom is 0.249 e. The van der Waals surface area contributed by atoms with E-state index in [0.29, 0.717) is 12.1 Å². The second-order valence-electron chi connectivity index (χ2n) is 7.93. The molecule has 5 heteroatoms. The van der Waals surface area contributed by atoms with Crippen molar-refractivity contribution in [3.05, 3.63) is 30.3 Å². The highest BCUT2D eigenvalue weighted by Crippen LogP contribution is 2.12. The van der Waals surface area contributed by atoms with E-state index in [-0.39, 0.29) is 5.91 Å². The van der Waals surface area contributed by atoms with E-state index in [2.05, 4.69) is 17.6 Å². The fourth-order valence-electron chi connectivity index (χ4n) is 3.34. The van der Waals surface area contributed by atoms with Gasteiger partial charge in [0, 0.05) is 12.1 Å². The Hall–Kier alpha value is -1.88. The summed E-state index contributed by atoms with van der Waals surface area (Å²) in [7, 11) is 0. The Kier molecular flexibility index (Phi) is 13.9. The molecule has 0 heterocycles. The number of hydrogen-bond donors (Lipinski definition) is 3. The van der Waals surface area contributed by atoms with Gasteiger partial charge in [-0.2, -0.15) is 0 Å². The molecule has 0 saturated heterocycles. The average molecular weight is 405 g/mol. The van der Waals surface area contributed by atoms with Crippen LogP contribution in [0, 0.1) is 0 Å². The third-order valence-electron chi connectivity index (χ3n) is 5.13. The van der Waals surface area contributed by atoms with E-state index in [1.54, 1.807) is 12.1 Å². The second-order valence-corrected chi connectivity index (χ2v) is 7.93. The Balaban J connectivity index is 2.15. The minimum Gasteiger partial charge on any atom is -0.391 e. The first-order valence-electron chi connectivity index (χ1n) is 11.4. The van der Waals surface area contributed by atoms with Gasteiger partial charge >= 0.3 is 0 Å². The van der Waals surface area contributed by atoms with Crippen LogP contribution >= 0.6 is 0 Å². The monoisotopic (exact) mass is 404 g/mol. The SMILES string of the molecule is CCCCCCCCCCCCCC(=O)N[C@H](C(=O)Nc1ccccc1)[C@@H](C)O. The van der Waals surface area contributed by atoms with Crippen LogP contribution in [-0.4, -0.2) is 29.1 Å². The fourth-order valence-corrected chi connectivity index (χ4v) is 3.34. The van der Waals surface area contributed by atoms with Gasteiger partial charge in [0.15, 0.2) is 0 Å². The summed E-state index contributed by atoms with van der Waals surface area (Å²) in [5, 5.41) is 15.3. The first-order valence-corrected chi connectivity index (χ1v) is 11.4. The Labute approximate surface area is 176 Å². The van der Waals surface area contributed by atoms with Crippen LogP contribution in [0.15, 0.2) is 30.3 Å². The van der Waals surface area contributed by atoms with E-state index in [1.165, 1.54) is 58.3 Å². The van der Waals surface area contributed by atoms with Gasteiger partial charge in [-0.15, -0.1) is 0 Å². The summed E-state index contributed by atoms with van der Waals surface area (Å²) in [6, 6.07) is 8.08. The van der Waals surface area contributed by atoms with Crippen molar-refractivity contribution < 1.29 is 14.7 Å². The summed E-state index contributed by atoms with van der Waals surface area (Å²) in [5.41, 5.74) is 0.641. The van der Waals surface area contributed by atoms with Gasteiger partial charge in [0.25, 0.3) is 0 Å². The molecule has 2 atom stereocenters. The minimum atomic E-state index is -0.958. The molecule has 0 aromatic heterocycles. The van der Waals surface area contributed by atoms with Gasteiger partial charge in [0.2, 0.25) is 11.8 Å². The molecule has 29 heavy (non-hydrogen) atoms. The molecule has 164 valence electrons. The number of unbranched alkanes of at least 4 members (excludes halogenated alkanes) is 10. The van der Waals surface area contributed by atoms with Gasteiger partial charge in [-0.25, -0.2) is 0 Å². The van der Waals surface area contributed by atoms with Crippen LogP contribution in [0.1, 0.15) is 90.9 Å². The van der Waals surface area contributed by atoms with Gasteiger partial charge in [-0.1, -0.05) is 89.3 Å². The zero-order chi connectivity index (χ0) is 21.3. The van der Waals surface area contributed by atoms with Crippen molar-refractivity contribution in [2.75, 3.05) is 5.32 Å². The topological polar surface area (TPSA) is 78.4 Å². The number of benzene rings is 1. The van der Waals surface area contributed by atoms with Gasteiger partial charge < -0.3 is 15.7 Å². The summed E-state index contributed by atoms with van der Waals surface area (Å²) in [4.78, 5) is 24.5. The van der Waals surface area contributed by atoms with Gasteiger partial charge in [-0.05, 0) is 25.5 Å². The van der Waals surface area contributed by atoms with Crippen LogP contribution in [-0.2, 0) is 9.59 Å². The van der Waals surface area contributed by atoms with Crippen molar-refractivity contribution >= 4 is 17.5 Å². The molecule has 0 unspecified atom stereocenters. The number of aliphatic hydroxyl groups excluding tert-OH is 1. The highest BCUT2D eigenvalue weighted by Gasteiger charge is 2.25. The molecule has 2 amide bonds. The summed E-state index contributed by atoms with van der Waals surface area (Å²) in [5.74, 6) is -0.589. The number of para-hydroxylation sites is 1. The second kappa shape index (κ2) is 16.0. The third kappa shape index (κ3) is 12.3. The largest absolute Gasteiger partial charge is 0.391 e. The highest BCUT2D eigenvalue weighted by atomic mass is 16.3. The number of amides is 2. The number of aliphatic hydroxyl groups is 1. The zero-order valence-corrected chi connectivity index (χ0v) is 18.3. The van der Waals surface area contributed by atoms with Crippen LogP contribution < -0.4 is 10.6 Å². The smallest absolute Gasteiger partial charge is 0.249 e. The van der Waals surface area contributed by atoms with Gasteiger partial charge in [0.05, 0.1) is 6.10 Å². The molecule has 0 spiro atoms. The Bertz CT molecular complexity index is 561. The summed E-state index contributed by atoms with van der Waals surface area (Å²) in [6.07, 6.45) is 13.0. The van der Waals surface area contributed by atoms with E-state index >= 15 is 0 Å². The molecule has 3 N–H and O–H groups in total. The quantitative estimate of drug-likeness (QED) is 0.332. The highest BCUT2D eigenvalue weighted by molar-refractivity contribution is 5.97. The van der Waals surface area contributed by atoms with Gasteiger partial charge in [-0.3, -0.25) is 9.59 Å². The Morgan fingerprint density at radius 1 is 0.862 bits per heavy atom. The van der Waals surface area contributed by atoms with Crippen molar-refractivity contribution in [1.82, 2.24) is 5.32 Å². The number of hydrogen-bond acceptors (Lipinski definition) is 3. The normalized spacial score (nSPS) is 12.9. The zero-order valence-electron chi connectivity index (χ0n) is 18.3. The van der Waals surface area contributed by atoms with Gasteiger partial charge in [0.1, 0.15) is 6.04 Å². The number of nitrogens with one attached hydrogen (secondary N) is 2. The maximum absolute atomic E-state index is 12.4. The van der Waals surface area contributed by atoms with Crippen LogP contribution in [0.25, 0.3) is 0 Å². The molecule has 0 fully saturated rings. The first kappa shape index (κ1) is 25.2. The molecule has 1 aromatic carbocycles. The summed E-state index contributed by atoms with van der Waals surface area (Å²) in [6.45, 7) is 3.75. The third-order valence-corrected chi connectivity index (χ3v) is 5.13. The predicted molar refractivity (Wildman–Crippen MR) is 120 cm³/mol. The van der Waals surface area contributed by atoms with E-state index in [4.69, 9.17) is 0 Å². The number of carbonyl (C=O) groups is 2. The summed E-state index contributed by atoms with van der Waals surface area (Å²) >= 11 is 0. The van der Waals surface area contributed by atoms with Crippen LogP contribution in [0.3, 0.4) is 0 Å². The molecule has 1 aromatic rings. The van der Waals surface area contributed by atoms with Crippen molar-refractivity contribution in [2.24, 2.45) is 0 Å². The molecule has 0 radical (unpaired) electrons. The molecule has 0 bridgehead atoms. The van der Waals surface area contributed by atoms with Crippen molar-refractivity contribution in [3.8, 4) is 0 Å². The Morgan fingerprint density at radius 3 is 1.90 bits per heavy atom. The number of anilines is 1. The molecule has 0 aliphatic carbocycles. The molecule has 0 aliphatic heterocycles. The lowest BCUT2D eigenvalue weighted by atomic mass is 10.0. The van der Waals surface area contributed by atoms with Crippen LogP contribution in [0.4, 0.5) is 5.69 Å². The standard InChI is InChI=1S/C24H40N2O3/c1-3-4-5-6-7-8-9-10-11-12-16-19-22(28)26-23(20(2)27)24(29)25-21-17-14-13-15-18-21/h13-15,17-18,20,23,27H,3-12,16,19H2,1-2H3,(H,25,29)(H,26,28)/t20-,23+/m1/s1. The molecule has 1 rings (SSSR count). The summed E-state index contributed by atoms with van der Waals surface area (Å²) < 4.78 is 0. The van der Waals surface area contributed by atoms with Crippen molar-refractivity contribution in [2.45, 2.75) is 103 Å². The number of rotatable bonds is 16. The van der Waals surface area contributed by atoms with E-state index in [0.717, 1.165) is 19.3 Å².